The maximum absolute atomic E-state index is 12.4. The van der Waals surface area contributed by atoms with Gasteiger partial charge < -0.3 is 10.6 Å². The van der Waals surface area contributed by atoms with Crippen molar-refractivity contribution in [2.45, 2.75) is 13.5 Å². The summed E-state index contributed by atoms with van der Waals surface area (Å²) >= 11 is 0. The first-order valence-electron chi connectivity index (χ1n) is 8.08. The van der Waals surface area contributed by atoms with Gasteiger partial charge >= 0.3 is 0 Å². The highest BCUT2D eigenvalue weighted by Crippen LogP contribution is 2.12. The quantitative estimate of drug-likeness (QED) is 0.739. The third-order valence-corrected chi connectivity index (χ3v) is 3.84. The molecule has 128 valence electrons. The number of rotatable bonds is 5. The minimum Gasteiger partial charge on any atom is -0.350 e. The summed E-state index contributed by atoms with van der Waals surface area (Å²) in [5.74, 6) is 0.0214. The molecule has 0 spiro atoms. The second-order valence-electron chi connectivity index (χ2n) is 5.69. The molecule has 6 heteroatoms. The molecule has 0 atom stereocenters. The van der Waals surface area contributed by atoms with Crippen molar-refractivity contribution in [3.63, 3.8) is 0 Å². The van der Waals surface area contributed by atoms with E-state index >= 15 is 0 Å². The van der Waals surface area contributed by atoms with Gasteiger partial charge in [-0.15, -0.1) is 0 Å². The summed E-state index contributed by atoms with van der Waals surface area (Å²) in [5.41, 5.74) is 3.58. The number of carbonyl (C=O) groups is 1. The maximum Gasteiger partial charge on any atom is 0.274 e. The Balaban J connectivity index is 1.69. The van der Waals surface area contributed by atoms with Crippen molar-refractivity contribution in [1.82, 2.24) is 9.97 Å². The number of hydrogen-bond acceptors (Lipinski definition) is 5. The van der Waals surface area contributed by atoms with Crippen LogP contribution >= 0.6 is 0 Å². The fourth-order valence-electron chi connectivity index (χ4n) is 2.41. The normalized spacial score (nSPS) is 10.0. The maximum atomic E-state index is 12.4. The average Bonchev–Trinajstić information content (AvgIpc) is 2.68. The standard InChI is InChI=1S/C20H17N5O/c1-14-5-2-3-7-16(14)13-23-20-22-10-9-18(25-20)19(26)24-17-8-4-6-15(11-17)12-21/h2-11H,13H2,1H3,(H,24,26)(H,22,23,25). The number of amides is 1. The number of anilines is 2. The number of benzene rings is 2. The minimum absolute atomic E-state index is 0.245. The molecule has 0 saturated carbocycles. The molecule has 0 bridgehead atoms. The van der Waals surface area contributed by atoms with E-state index < -0.39 is 0 Å². The van der Waals surface area contributed by atoms with Gasteiger partial charge in [0.05, 0.1) is 11.6 Å². The Kier molecular flexibility index (Phi) is 5.20. The molecule has 0 radical (unpaired) electrons. The van der Waals surface area contributed by atoms with Crippen molar-refractivity contribution in [1.29, 1.82) is 5.26 Å². The van der Waals surface area contributed by atoms with Crippen LogP contribution in [0, 0.1) is 18.3 Å². The van der Waals surface area contributed by atoms with Crippen LogP contribution in [0.2, 0.25) is 0 Å². The third kappa shape index (κ3) is 4.22. The van der Waals surface area contributed by atoms with E-state index in [1.54, 1.807) is 30.3 Å². The van der Waals surface area contributed by atoms with Crippen molar-refractivity contribution >= 4 is 17.5 Å². The smallest absolute Gasteiger partial charge is 0.274 e. The summed E-state index contributed by atoms with van der Waals surface area (Å²) in [6.07, 6.45) is 1.54. The van der Waals surface area contributed by atoms with Gasteiger partial charge in [0, 0.05) is 18.4 Å². The van der Waals surface area contributed by atoms with Crippen molar-refractivity contribution in [2.24, 2.45) is 0 Å². The lowest BCUT2D eigenvalue weighted by Gasteiger charge is -2.09. The number of nitriles is 1. The van der Waals surface area contributed by atoms with Gasteiger partial charge in [-0.05, 0) is 42.3 Å². The predicted octanol–water partition coefficient (Wildman–Crippen LogP) is 3.52. The highest BCUT2D eigenvalue weighted by atomic mass is 16.1. The van der Waals surface area contributed by atoms with Crippen LogP contribution in [-0.4, -0.2) is 15.9 Å². The average molecular weight is 343 g/mol. The number of aryl methyl sites for hydroxylation is 1. The summed E-state index contributed by atoms with van der Waals surface area (Å²) < 4.78 is 0. The van der Waals surface area contributed by atoms with Gasteiger partial charge in [0.2, 0.25) is 5.95 Å². The SMILES string of the molecule is Cc1ccccc1CNc1nccc(C(=O)Nc2cccc(C#N)c2)n1. The van der Waals surface area contributed by atoms with Crippen molar-refractivity contribution < 1.29 is 4.79 Å². The Morgan fingerprint density at radius 3 is 2.81 bits per heavy atom. The van der Waals surface area contributed by atoms with Gasteiger partial charge in [-0.25, -0.2) is 9.97 Å². The highest BCUT2D eigenvalue weighted by molar-refractivity contribution is 6.03. The number of hydrogen-bond donors (Lipinski definition) is 2. The molecule has 0 fully saturated rings. The number of carbonyl (C=O) groups excluding carboxylic acids is 1. The minimum atomic E-state index is -0.360. The van der Waals surface area contributed by atoms with E-state index in [9.17, 15) is 4.79 Å². The monoisotopic (exact) mass is 343 g/mol. The number of aromatic nitrogens is 2. The van der Waals surface area contributed by atoms with Gasteiger partial charge in [0.25, 0.3) is 5.91 Å². The molecule has 0 aliphatic heterocycles. The fraction of sp³-hybridized carbons (Fsp3) is 0.100. The molecule has 26 heavy (non-hydrogen) atoms. The summed E-state index contributed by atoms with van der Waals surface area (Å²) in [6, 6.07) is 18.3. The van der Waals surface area contributed by atoms with Crippen molar-refractivity contribution in [3.05, 3.63) is 83.2 Å². The Bertz CT molecular complexity index is 978. The van der Waals surface area contributed by atoms with Gasteiger partial charge in [0.15, 0.2) is 0 Å². The summed E-state index contributed by atoms with van der Waals surface area (Å²) in [5, 5.41) is 14.8. The van der Waals surface area contributed by atoms with Crippen molar-refractivity contribution in [2.75, 3.05) is 10.6 Å². The first-order valence-corrected chi connectivity index (χ1v) is 8.08. The molecule has 0 unspecified atom stereocenters. The van der Waals surface area contributed by atoms with Gasteiger partial charge in [-0.3, -0.25) is 4.79 Å². The molecule has 6 nitrogen and oxygen atoms in total. The fourth-order valence-corrected chi connectivity index (χ4v) is 2.41. The van der Waals surface area contributed by atoms with Gasteiger partial charge in [0.1, 0.15) is 5.69 Å². The summed E-state index contributed by atoms with van der Waals surface area (Å²) in [6.45, 7) is 2.61. The summed E-state index contributed by atoms with van der Waals surface area (Å²) in [7, 11) is 0. The topological polar surface area (TPSA) is 90.7 Å². The molecule has 1 aromatic heterocycles. The second-order valence-corrected chi connectivity index (χ2v) is 5.69. The first-order chi connectivity index (χ1) is 12.7. The lowest BCUT2D eigenvalue weighted by atomic mass is 10.1. The first kappa shape index (κ1) is 17.1. The van der Waals surface area contributed by atoms with Crippen LogP contribution in [0.25, 0.3) is 0 Å². The highest BCUT2D eigenvalue weighted by Gasteiger charge is 2.10. The molecule has 0 aliphatic rings. The molecule has 0 aliphatic carbocycles. The number of nitrogens with one attached hydrogen (secondary N) is 2. The van der Waals surface area contributed by atoms with Gasteiger partial charge in [-0.2, -0.15) is 5.26 Å². The van der Waals surface area contributed by atoms with Crippen LogP contribution < -0.4 is 10.6 Å². The molecule has 2 N–H and O–H groups in total. The largest absolute Gasteiger partial charge is 0.350 e. The van der Waals surface area contributed by atoms with Gasteiger partial charge in [-0.1, -0.05) is 30.3 Å². The van der Waals surface area contributed by atoms with Crippen LogP contribution in [0.3, 0.4) is 0 Å². The Hall–Kier alpha value is -3.72. The summed E-state index contributed by atoms with van der Waals surface area (Å²) in [4.78, 5) is 20.8. The van der Waals surface area contributed by atoms with E-state index in [-0.39, 0.29) is 11.6 Å². The van der Waals surface area contributed by atoms with Crippen LogP contribution in [0.1, 0.15) is 27.2 Å². The molecular weight excluding hydrogens is 326 g/mol. The van der Waals surface area contributed by atoms with Crippen molar-refractivity contribution in [3.8, 4) is 6.07 Å². The lowest BCUT2D eigenvalue weighted by Crippen LogP contribution is -2.15. The zero-order valence-corrected chi connectivity index (χ0v) is 14.2. The third-order valence-electron chi connectivity index (χ3n) is 3.84. The van der Waals surface area contributed by atoms with E-state index in [1.807, 2.05) is 37.3 Å². The van der Waals surface area contributed by atoms with Crippen LogP contribution in [-0.2, 0) is 6.54 Å². The molecule has 1 heterocycles. The molecule has 2 aromatic carbocycles. The molecule has 3 rings (SSSR count). The molecular formula is C20H17N5O. The van der Waals surface area contributed by atoms with E-state index in [4.69, 9.17) is 5.26 Å². The van der Waals surface area contributed by atoms with Crippen LogP contribution in [0.5, 0.6) is 0 Å². The molecule has 3 aromatic rings. The molecule has 1 amide bonds. The zero-order chi connectivity index (χ0) is 18.4. The Morgan fingerprint density at radius 1 is 1.15 bits per heavy atom. The second kappa shape index (κ2) is 7.90. The van der Waals surface area contributed by atoms with Crippen LogP contribution in [0.15, 0.2) is 60.8 Å². The molecule has 0 saturated heterocycles. The zero-order valence-electron chi connectivity index (χ0n) is 14.2. The van der Waals surface area contributed by atoms with Crippen LogP contribution in [0.4, 0.5) is 11.6 Å². The Morgan fingerprint density at radius 2 is 2.00 bits per heavy atom. The van der Waals surface area contributed by atoms with E-state index in [1.165, 1.54) is 11.8 Å². The number of nitrogens with zero attached hydrogens (tertiary/aromatic N) is 3. The van der Waals surface area contributed by atoms with E-state index in [0.29, 0.717) is 23.7 Å². The predicted molar refractivity (Wildman–Crippen MR) is 99.6 cm³/mol. The van der Waals surface area contributed by atoms with E-state index in [0.717, 1.165) is 5.56 Å². The lowest BCUT2D eigenvalue weighted by molar-refractivity contribution is 0.102. The Labute approximate surface area is 151 Å². The van der Waals surface area contributed by atoms with E-state index in [2.05, 4.69) is 20.6 Å².